The molecule has 0 bridgehead atoms. The Morgan fingerprint density at radius 2 is 1.67 bits per heavy atom. The molecule has 0 fully saturated rings. The number of hydrogen-bond donors (Lipinski definition) is 3. The summed E-state index contributed by atoms with van der Waals surface area (Å²) in [6.07, 6.45) is 0. The van der Waals surface area contributed by atoms with Gasteiger partial charge in [0.15, 0.2) is 0 Å². The number of halogens is 1. The standard InChI is InChI=1S/C18H18BrN3OS.C10H13NO.C2H4O2.C2H6/c1-13-6-5-8-15(10-13)24-12-14-7-3-4-9-16(14)18(23)21-17(11-19)22-20-2;1-8(11-9(2)12)10-6-4-3-5-7-10;1-4-2-3;1-2/h3-11,22H,2,12H2,1H3,(H,21,23);3-8H,1-2H3,(H,11,12);2H,1H3;1-2H3/b17-11+;;;. The molecule has 0 radical (unpaired) electrons. The third-order valence-corrected chi connectivity index (χ3v) is 6.52. The van der Waals surface area contributed by atoms with Gasteiger partial charge in [0.1, 0.15) is 5.82 Å². The predicted octanol–water partition coefficient (Wildman–Crippen LogP) is 7.12. The van der Waals surface area contributed by atoms with Crippen molar-refractivity contribution in [3.05, 3.63) is 112 Å². The van der Waals surface area contributed by atoms with E-state index in [1.54, 1.807) is 16.7 Å². The molecule has 0 spiro atoms. The Kier molecular flexibility index (Phi) is 21.6. The number of benzene rings is 3. The monoisotopic (exact) mass is 656 g/mol. The van der Waals surface area contributed by atoms with Gasteiger partial charge in [-0.1, -0.05) is 96.0 Å². The van der Waals surface area contributed by atoms with E-state index in [1.165, 1.54) is 24.5 Å². The van der Waals surface area contributed by atoms with Gasteiger partial charge in [0.05, 0.1) is 13.2 Å². The van der Waals surface area contributed by atoms with Gasteiger partial charge in [-0.3, -0.25) is 19.8 Å². The summed E-state index contributed by atoms with van der Waals surface area (Å²) in [4.78, 5) is 34.9. The fourth-order valence-electron chi connectivity index (χ4n) is 3.22. The normalized spacial score (nSPS) is 10.4. The van der Waals surface area contributed by atoms with E-state index in [4.69, 9.17) is 4.79 Å². The van der Waals surface area contributed by atoms with Crippen LogP contribution in [-0.4, -0.2) is 32.1 Å². The van der Waals surface area contributed by atoms with Gasteiger partial charge < -0.3 is 15.4 Å². The molecule has 3 aromatic rings. The number of aryl methyl sites for hydroxylation is 1. The van der Waals surface area contributed by atoms with E-state index in [1.807, 2.05) is 81.4 Å². The van der Waals surface area contributed by atoms with Crippen LogP contribution in [0.1, 0.15) is 60.8 Å². The second-order valence-corrected chi connectivity index (χ2v) is 9.68. The molecule has 0 heterocycles. The summed E-state index contributed by atoms with van der Waals surface area (Å²) in [5.74, 6) is 0.952. The van der Waals surface area contributed by atoms with Gasteiger partial charge in [-0.2, -0.15) is 5.10 Å². The van der Waals surface area contributed by atoms with Crippen molar-refractivity contribution in [1.82, 2.24) is 16.1 Å². The number of methoxy groups -OCH3 is 1. The van der Waals surface area contributed by atoms with Crippen molar-refractivity contribution in [2.75, 3.05) is 7.11 Å². The van der Waals surface area contributed by atoms with Crippen LogP contribution in [0, 0.1) is 6.92 Å². The summed E-state index contributed by atoms with van der Waals surface area (Å²) in [6, 6.07) is 25.9. The average molecular weight is 658 g/mol. The largest absolute Gasteiger partial charge is 0.471 e. The molecule has 0 saturated heterocycles. The molecular formula is C32H41BrN4O4S. The zero-order valence-corrected chi connectivity index (χ0v) is 27.4. The first kappa shape index (κ1) is 38.1. The number of ether oxygens (including phenoxy) is 1. The zero-order chi connectivity index (χ0) is 31.8. The van der Waals surface area contributed by atoms with Crippen LogP contribution >= 0.6 is 27.7 Å². The lowest BCUT2D eigenvalue weighted by Crippen LogP contribution is -2.29. The lowest BCUT2D eigenvalue weighted by molar-refractivity contribution is -0.126. The van der Waals surface area contributed by atoms with Crippen molar-refractivity contribution < 1.29 is 19.1 Å². The SMILES string of the molecule is C=NN/C(=C/Br)NC(=O)c1ccccc1CSc1cccc(C)c1.CC.CC(=O)NC(C)c1ccccc1.COC=O. The summed E-state index contributed by atoms with van der Waals surface area (Å²) in [6.45, 7) is 13.3. The molecule has 3 aromatic carbocycles. The molecule has 42 heavy (non-hydrogen) atoms. The number of amides is 2. The molecular weight excluding hydrogens is 616 g/mol. The molecule has 1 atom stereocenters. The van der Waals surface area contributed by atoms with Crippen molar-refractivity contribution >= 4 is 52.7 Å². The smallest absolute Gasteiger partial charge is 0.292 e. The molecule has 1 unspecified atom stereocenters. The van der Waals surface area contributed by atoms with Gasteiger partial charge in [0.2, 0.25) is 5.91 Å². The van der Waals surface area contributed by atoms with Gasteiger partial charge in [0.25, 0.3) is 12.4 Å². The van der Waals surface area contributed by atoms with Crippen LogP contribution in [0.2, 0.25) is 0 Å². The Bertz CT molecular complexity index is 1260. The first-order valence-electron chi connectivity index (χ1n) is 13.1. The van der Waals surface area contributed by atoms with E-state index in [0.29, 0.717) is 23.6 Å². The van der Waals surface area contributed by atoms with Crippen molar-refractivity contribution in [1.29, 1.82) is 0 Å². The van der Waals surface area contributed by atoms with Crippen molar-refractivity contribution in [2.45, 2.75) is 51.3 Å². The molecule has 0 aromatic heterocycles. The summed E-state index contributed by atoms with van der Waals surface area (Å²) in [5, 5.41) is 9.12. The van der Waals surface area contributed by atoms with E-state index < -0.39 is 0 Å². The van der Waals surface area contributed by atoms with Crippen LogP contribution in [0.3, 0.4) is 0 Å². The van der Waals surface area contributed by atoms with Gasteiger partial charge in [-0.15, -0.1) is 11.8 Å². The molecule has 3 rings (SSSR count). The molecule has 0 aliphatic rings. The number of rotatable bonds is 10. The summed E-state index contributed by atoms with van der Waals surface area (Å²) in [5.41, 5.74) is 6.57. The van der Waals surface area contributed by atoms with Crippen LogP contribution < -0.4 is 16.1 Å². The third-order valence-electron chi connectivity index (χ3n) is 5.02. The predicted molar refractivity (Wildman–Crippen MR) is 177 cm³/mol. The highest BCUT2D eigenvalue weighted by atomic mass is 79.9. The minimum absolute atomic E-state index is 0.00588. The van der Waals surface area contributed by atoms with E-state index in [9.17, 15) is 9.59 Å². The van der Waals surface area contributed by atoms with Crippen LogP contribution in [0.25, 0.3) is 0 Å². The molecule has 8 nitrogen and oxygen atoms in total. The second kappa shape index (κ2) is 23.8. The fourth-order valence-corrected chi connectivity index (χ4v) is 4.45. The Morgan fingerprint density at radius 1 is 1.05 bits per heavy atom. The lowest BCUT2D eigenvalue weighted by atomic mass is 10.1. The Morgan fingerprint density at radius 3 is 2.21 bits per heavy atom. The minimum atomic E-state index is -0.197. The van der Waals surface area contributed by atoms with Crippen molar-refractivity contribution in [3.8, 4) is 0 Å². The van der Waals surface area contributed by atoms with E-state index in [-0.39, 0.29) is 17.9 Å². The Hall–Kier alpha value is -3.89. The third kappa shape index (κ3) is 16.4. The van der Waals surface area contributed by atoms with Crippen LogP contribution in [0.15, 0.2) is 99.7 Å². The highest BCUT2D eigenvalue weighted by Crippen LogP contribution is 2.25. The lowest BCUT2D eigenvalue weighted by Gasteiger charge is -2.11. The maximum atomic E-state index is 12.5. The number of carbonyl (C=O) groups excluding carboxylic acids is 3. The Labute approximate surface area is 262 Å². The average Bonchev–Trinajstić information content (AvgIpc) is 3.01. The topological polar surface area (TPSA) is 109 Å². The molecule has 226 valence electrons. The van der Waals surface area contributed by atoms with Crippen LogP contribution in [0.5, 0.6) is 0 Å². The van der Waals surface area contributed by atoms with E-state index in [0.717, 1.165) is 11.1 Å². The number of hydrazone groups is 1. The fraction of sp³-hybridized carbons (Fsp3) is 0.250. The van der Waals surface area contributed by atoms with Crippen LogP contribution in [0.4, 0.5) is 0 Å². The quantitative estimate of drug-likeness (QED) is 0.0928. The molecule has 0 aliphatic heterocycles. The first-order chi connectivity index (χ1) is 20.2. The van der Waals surface area contributed by atoms with Gasteiger partial charge in [-0.05, 0) is 43.2 Å². The summed E-state index contributed by atoms with van der Waals surface area (Å²) in [7, 11) is 1.31. The Balaban J connectivity index is 0.000000776. The molecule has 3 N–H and O–H groups in total. The van der Waals surface area contributed by atoms with E-state index >= 15 is 0 Å². The minimum Gasteiger partial charge on any atom is -0.471 e. The zero-order valence-electron chi connectivity index (χ0n) is 25.0. The highest BCUT2D eigenvalue weighted by Gasteiger charge is 2.12. The van der Waals surface area contributed by atoms with Gasteiger partial charge >= 0.3 is 0 Å². The van der Waals surface area contributed by atoms with Crippen LogP contribution in [-0.2, 0) is 20.1 Å². The highest BCUT2D eigenvalue weighted by molar-refractivity contribution is 9.11. The molecule has 2 amide bonds. The van der Waals surface area contributed by atoms with Crippen molar-refractivity contribution in [3.63, 3.8) is 0 Å². The maximum Gasteiger partial charge on any atom is 0.292 e. The van der Waals surface area contributed by atoms with Gasteiger partial charge in [0, 0.05) is 34.8 Å². The molecule has 0 saturated carbocycles. The van der Waals surface area contributed by atoms with Crippen molar-refractivity contribution in [2.24, 2.45) is 5.10 Å². The number of thioether (sulfide) groups is 1. The summed E-state index contributed by atoms with van der Waals surface area (Å²) < 4.78 is 3.86. The van der Waals surface area contributed by atoms with Gasteiger partial charge in [-0.25, -0.2) is 0 Å². The second-order valence-electron chi connectivity index (χ2n) is 8.17. The number of carbonyl (C=O) groups is 3. The maximum absolute atomic E-state index is 12.5. The number of nitrogens with zero attached hydrogens (tertiary/aromatic N) is 1. The van der Waals surface area contributed by atoms with E-state index in [2.05, 4.69) is 73.7 Å². The molecule has 0 aliphatic carbocycles. The number of nitrogens with one attached hydrogen (secondary N) is 3. The first-order valence-corrected chi connectivity index (χ1v) is 15.0. The molecule has 10 heteroatoms. The summed E-state index contributed by atoms with van der Waals surface area (Å²) >= 11 is 4.88. The number of hydrogen-bond acceptors (Lipinski definition) is 7.